The molecule has 1 aromatic carbocycles. The smallest absolute Gasteiger partial charge is 0.387 e. The second-order valence-electron chi connectivity index (χ2n) is 11.8. The number of aromatic amines is 1. The topological polar surface area (TPSA) is 103 Å². The van der Waals surface area contributed by atoms with E-state index in [4.69, 9.17) is 15.6 Å². The zero-order chi connectivity index (χ0) is 30.1. The summed E-state index contributed by atoms with van der Waals surface area (Å²) < 4.78 is 35.0. The van der Waals surface area contributed by atoms with E-state index in [1.54, 1.807) is 25.4 Å². The molecule has 12 heteroatoms. The van der Waals surface area contributed by atoms with Crippen molar-refractivity contribution in [3.05, 3.63) is 59.0 Å². The summed E-state index contributed by atoms with van der Waals surface area (Å²) in [7, 11) is 1.76. The highest BCUT2D eigenvalue weighted by atomic mass is 19.3. The first-order valence-electron chi connectivity index (χ1n) is 14.9. The van der Waals surface area contributed by atoms with E-state index in [1.807, 2.05) is 32.0 Å². The number of aromatic nitrogens is 3. The van der Waals surface area contributed by atoms with Gasteiger partial charge >= 0.3 is 12.7 Å². The number of aliphatic imine (C=N–C) groups is 1. The van der Waals surface area contributed by atoms with Crippen molar-refractivity contribution in [2.45, 2.75) is 63.8 Å². The van der Waals surface area contributed by atoms with Gasteiger partial charge in [0.1, 0.15) is 24.9 Å². The molecular formula is C31H39F2N9O+2. The molecule has 2 saturated heterocycles. The van der Waals surface area contributed by atoms with E-state index in [2.05, 4.69) is 35.9 Å². The van der Waals surface area contributed by atoms with Crippen LogP contribution < -0.4 is 15.1 Å². The fourth-order valence-corrected chi connectivity index (χ4v) is 6.65. The van der Waals surface area contributed by atoms with Gasteiger partial charge in [0.2, 0.25) is 11.8 Å². The summed E-state index contributed by atoms with van der Waals surface area (Å²) in [6, 6.07) is 9.60. The van der Waals surface area contributed by atoms with E-state index in [1.165, 1.54) is 6.33 Å². The zero-order valence-corrected chi connectivity index (χ0v) is 24.9. The van der Waals surface area contributed by atoms with Gasteiger partial charge in [0.25, 0.3) is 0 Å². The highest BCUT2D eigenvalue weighted by Crippen LogP contribution is 2.50. The van der Waals surface area contributed by atoms with Gasteiger partial charge in [-0.3, -0.25) is 14.9 Å². The fraction of sp³-hybridized carbons (Fsp3) is 0.516. The summed E-state index contributed by atoms with van der Waals surface area (Å²) in [5.41, 5.74) is 3.24. The van der Waals surface area contributed by atoms with Crippen LogP contribution >= 0.6 is 0 Å². The predicted molar refractivity (Wildman–Crippen MR) is 162 cm³/mol. The molecular weight excluding hydrogens is 552 g/mol. The number of hydrazone groups is 1. The number of rotatable bonds is 9. The normalized spacial score (nSPS) is 20.6. The van der Waals surface area contributed by atoms with E-state index >= 15 is 0 Å². The summed E-state index contributed by atoms with van der Waals surface area (Å²) in [6.07, 6.45) is 9.79. The maximum absolute atomic E-state index is 13.9. The number of hydrogen-bond donors (Lipinski definition) is 2. The molecule has 0 radical (unpaired) electrons. The molecule has 0 bridgehead atoms. The molecule has 3 fully saturated rings. The first-order valence-corrected chi connectivity index (χ1v) is 14.9. The van der Waals surface area contributed by atoms with Crippen LogP contribution in [0.15, 0.2) is 52.9 Å². The largest absolute Gasteiger partial charge is 0.480 e. The van der Waals surface area contributed by atoms with Crippen LogP contribution in [0.4, 0.5) is 8.78 Å². The summed E-state index contributed by atoms with van der Waals surface area (Å²) in [5.74, 6) is 6.76. The van der Waals surface area contributed by atoms with Crippen LogP contribution in [-0.4, -0.2) is 76.0 Å². The third-order valence-electron chi connectivity index (χ3n) is 9.12. The molecule has 43 heavy (non-hydrogen) atoms. The van der Waals surface area contributed by atoms with Crippen LogP contribution in [0.3, 0.4) is 0 Å². The monoisotopic (exact) mass is 591 g/mol. The van der Waals surface area contributed by atoms with E-state index in [0.717, 1.165) is 62.1 Å². The molecule has 0 amide bonds. The molecule has 2 aliphatic heterocycles. The van der Waals surface area contributed by atoms with Gasteiger partial charge in [-0.25, -0.2) is 14.7 Å². The second kappa shape index (κ2) is 11.9. The maximum Gasteiger partial charge on any atom is 0.387 e. The lowest BCUT2D eigenvalue weighted by molar-refractivity contribution is -0.751. The Morgan fingerprint density at radius 3 is 2.65 bits per heavy atom. The van der Waals surface area contributed by atoms with Crippen LogP contribution in [0.1, 0.15) is 63.4 Å². The van der Waals surface area contributed by atoms with Crippen LogP contribution in [0.25, 0.3) is 15.9 Å². The van der Waals surface area contributed by atoms with E-state index in [0.29, 0.717) is 34.4 Å². The predicted octanol–water partition coefficient (Wildman–Crippen LogP) is 4.36. The number of likely N-dealkylation sites (tertiary alicyclic amines) is 2. The van der Waals surface area contributed by atoms with Crippen molar-refractivity contribution in [2.75, 3.05) is 33.2 Å². The van der Waals surface area contributed by atoms with Crippen LogP contribution in [0, 0.1) is 12.1 Å². The van der Waals surface area contributed by atoms with Crippen LogP contribution in [-0.2, 0) is 0 Å². The van der Waals surface area contributed by atoms with Crippen LogP contribution in [0.5, 0.6) is 5.75 Å². The van der Waals surface area contributed by atoms with Gasteiger partial charge in [-0.15, -0.1) is 0 Å². The van der Waals surface area contributed by atoms with Gasteiger partial charge < -0.3 is 10.6 Å². The highest BCUT2D eigenvalue weighted by molar-refractivity contribution is 6.48. The Kier molecular flexibility index (Phi) is 8.01. The highest BCUT2D eigenvalue weighted by Gasteiger charge is 2.51. The Bertz CT molecular complexity index is 1570. The number of nitrogens with zero attached hydrogens (tertiary/aromatic N) is 7. The number of piperidine rings is 1. The van der Waals surface area contributed by atoms with E-state index < -0.39 is 12.7 Å². The Hall–Kier alpha value is -4.11. The lowest BCUT2D eigenvalue weighted by atomic mass is 9.86. The number of hydrogen-bond acceptors (Lipinski definition) is 7. The summed E-state index contributed by atoms with van der Waals surface area (Å²) in [6.45, 7) is 5.17. The first-order chi connectivity index (χ1) is 20.8. The van der Waals surface area contributed by atoms with E-state index in [9.17, 15) is 8.78 Å². The van der Waals surface area contributed by atoms with Gasteiger partial charge in [0.05, 0.1) is 23.0 Å². The number of H-pyrrole nitrogens is 1. The summed E-state index contributed by atoms with van der Waals surface area (Å²) in [5, 5.41) is 4.14. The first kappa shape index (κ1) is 29.0. The number of nitrogens with two attached hydrogens (primary N) is 1. The quantitative estimate of drug-likeness (QED) is 0.127. The number of pyridine rings is 1. The minimum Gasteiger partial charge on any atom is -0.480 e. The zero-order valence-electron chi connectivity index (χ0n) is 24.9. The fourth-order valence-electron chi connectivity index (χ4n) is 6.65. The van der Waals surface area contributed by atoms with Crippen molar-refractivity contribution in [3.63, 3.8) is 0 Å². The Morgan fingerprint density at radius 1 is 1.26 bits per heavy atom. The molecule has 1 atom stereocenters. The molecule has 0 unspecified atom stereocenters. The molecule has 226 valence electrons. The third kappa shape index (κ3) is 5.78. The number of alkyl halides is 2. The van der Waals surface area contributed by atoms with Crippen molar-refractivity contribution < 1.29 is 18.1 Å². The van der Waals surface area contributed by atoms with Gasteiger partial charge in [0, 0.05) is 11.8 Å². The van der Waals surface area contributed by atoms with Gasteiger partial charge in [0.15, 0.2) is 18.3 Å². The average Bonchev–Trinajstić information content (AvgIpc) is 3.63. The molecule has 1 saturated carbocycles. The molecule has 3 aromatic rings. The molecule has 10 nitrogen and oxygen atoms in total. The molecule has 6 rings (SSSR count). The maximum atomic E-state index is 13.9. The van der Waals surface area contributed by atoms with Gasteiger partial charge in [-0.1, -0.05) is 6.07 Å². The van der Waals surface area contributed by atoms with Crippen molar-refractivity contribution >= 4 is 22.5 Å². The summed E-state index contributed by atoms with van der Waals surface area (Å²) in [4.78, 5) is 21.3. The number of imidazole rings is 1. The van der Waals surface area contributed by atoms with E-state index in [-0.39, 0.29) is 16.8 Å². The Balaban J connectivity index is 1.23. The van der Waals surface area contributed by atoms with Gasteiger partial charge in [-0.05, 0) is 82.8 Å². The Morgan fingerprint density at radius 2 is 2.02 bits per heavy atom. The number of ether oxygens (including phenoxy) is 1. The average molecular weight is 592 g/mol. The van der Waals surface area contributed by atoms with Crippen molar-refractivity contribution in [1.82, 2.24) is 19.8 Å². The number of halogens is 2. The van der Waals surface area contributed by atoms with Crippen LogP contribution in [0.2, 0.25) is 0 Å². The minimum atomic E-state index is -2.74. The van der Waals surface area contributed by atoms with Crippen molar-refractivity contribution in [2.24, 2.45) is 21.9 Å². The van der Waals surface area contributed by atoms with Crippen molar-refractivity contribution in [1.29, 1.82) is 0 Å². The lowest BCUT2D eigenvalue weighted by Crippen LogP contribution is -2.59. The number of nitrogens with one attached hydrogen (secondary N) is 1. The SMILES string of the molecule is C[N+]#CN1CC(N2CCC(C3(N=C(C)/C(=N\N)c4cc(O[C@H](C)c5ccccn5)c5c(c4)[nH]c[n+]5C(F)F)CC3)CC2)C1. The lowest BCUT2D eigenvalue weighted by Gasteiger charge is -2.43. The number of benzene rings is 1. The molecule has 3 aliphatic rings. The third-order valence-corrected chi connectivity index (χ3v) is 9.12. The Labute approximate surface area is 250 Å². The second-order valence-corrected chi connectivity index (χ2v) is 11.8. The molecule has 1 aliphatic carbocycles. The number of fused-ring (bicyclic) bond motifs is 1. The molecule has 0 spiro atoms. The van der Waals surface area contributed by atoms with Gasteiger partial charge in [-0.2, -0.15) is 18.4 Å². The summed E-state index contributed by atoms with van der Waals surface area (Å²) >= 11 is 0. The molecule has 3 N–H and O–H groups in total. The van der Waals surface area contributed by atoms with Crippen molar-refractivity contribution in [3.8, 4) is 11.9 Å². The molecule has 2 aromatic heterocycles. The standard InChI is InChI=1S/C31H38F2N9O/c1-20(38-31(9-10-31)23-7-12-41(13-8-23)24-16-40(17-24)18-35-3)28(39-34)22-14-26-29(42(19-37-26)30(32)33)27(15-22)43-21(2)25-6-4-5-11-36-25/h4-6,11,14-15,19,21,23-24,30H,7-10,12-13,16-17H2,1-3H3,(H2,34,38)/q+1/p+1/t21-/m1/s1. The molecule has 4 heterocycles. The minimum absolute atomic E-state index is 0.0948.